The maximum Gasteiger partial charge on any atom is 0.220 e. The van der Waals surface area contributed by atoms with Crippen LogP contribution in [0.5, 0.6) is 0 Å². The fourth-order valence-electron chi connectivity index (χ4n) is 2.22. The van der Waals surface area contributed by atoms with Gasteiger partial charge in [-0.05, 0) is 37.3 Å². The minimum absolute atomic E-state index is 0.171. The summed E-state index contributed by atoms with van der Waals surface area (Å²) in [6.07, 6.45) is 3.65. The van der Waals surface area contributed by atoms with E-state index in [0.717, 1.165) is 13.0 Å². The number of carbonyl (C=O) groups excluding carboxylic acids is 1. The van der Waals surface area contributed by atoms with Crippen LogP contribution in [0.15, 0.2) is 29.2 Å². The molecule has 1 amide bonds. The largest absolute Gasteiger partial charge is 0.355 e. The van der Waals surface area contributed by atoms with Crippen molar-refractivity contribution in [2.24, 2.45) is 0 Å². The minimum atomic E-state index is 0.171. The molecular formula is C14H20N2OS. The number of hydrogen-bond acceptors (Lipinski definition) is 3. The van der Waals surface area contributed by atoms with Crippen molar-refractivity contribution in [1.82, 2.24) is 10.6 Å². The van der Waals surface area contributed by atoms with E-state index in [-0.39, 0.29) is 5.91 Å². The lowest BCUT2D eigenvalue weighted by atomic mass is 10.0. The van der Waals surface area contributed by atoms with Gasteiger partial charge < -0.3 is 10.6 Å². The summed E-state index contributed by atoms with van der Waals surface area (Å²) in [7, 11) is 0. The first-order valence-corrected chi connectivity index (χ1v) is 7.58. The van der Waals surface area contributed by atoms with Gasteiger partial charge in [0.25, 0.3) is 0 Å². The smallest absolute Gasteiger partial charge is 0.220 e. The van der Waals surface area contributed by atoms with Crippen LogP contribution < -0.4 is 10.6 Å². The van der Waals surface area contributed by atoms with Crippen LogP contribution in [0.3, 0.4) is 0 Å². The molecule has 1 aliphatic rings. The molecule has 2 N–H and O–H groups in total. The molecule has 0 saturated carbocycles. The third kappa shape index (κ3) is 3.50. The molecule has 2 atom stereocenters. The standard InChI is InChI=1S/C14H20N2OS/c1-10(11-3-6-13(18-2)7-4-11)16-12-5-8-14(17)15-9-12/h3-4,6-7,10,12,16H,5,8-9H2,1-2H3,(H,15,17). The number of amides is 1. The van der Waals surface area contributed by atoms with Crippen molar-refractivity contribution < 1.29 is 4.79 Å². The van der Waals surface area contributed by atoms with E-state index in [2.05, 4.69) is 48.1 Å². The topological polar surface area (TPSA) is 41.1 Å². The van der Waals surface area contributed by atoms with Crippen molar-refractivity contribution in [3.63, 3.8) is 0 Å². The number of nitrogens with one attached hydrogen (secondary N) is 2. The molecule has 0 aliphatic carbocycles. The molecule has 1 aliphatic heterocycles. The van der Waals surface area contributed by atoms with Gasteiger partial charge in [0.1, 0.15) is 0 Å². The predicted octanol–water partition coefficient (Wildman–Crippen LogP) is 2.34. The van der Waals surface area contributed by atoms with Gasteiger partial charge in [-0.25, -0.2) is 0 Å². The second-order valence-electron chi connectivity index (χ2n) is 4.70. The minimum Gasteiger partial charge on any atom is -0.355 e. The van der Waals surface area contributed by atoms with Crippen LogP contribution in [0.1, 0.15) is 31.4 Å². The lowest BCUT2D eigenvalue weighted by molar-refractivity contribution is -0.122. The third-order valence-electron chi connectivity index (χ3n) is 3.37. The second-order valence-corrected chi connectivity index (χ2v) is 5.58. The zero-order chi connectivity index (χ0) is 13.0. The van der Waals surface area contributed by atoms with E-state index in [0.29, 0.717) is 18.5 Å². The van der Waals surface area contributed by atoms with Gasteiger partial charge in [-0.15, -0.1) is 11.8 Å². The first-order chi connectivity index (χ1) is 8.69. The summed E-state index contributed by atoms with van der Waals surface area (Å²) in [4.78, 5) is 12.4. The molecule has 98 valence electrons. The van der Waals surface area contributed by atoms with Crippen LogP contribution >= 0.6 is 11.8 Å². The van der Waals surface area contributed by atoms with Crippen molar-refractivity contribution in [3.8, 4) is 0 Å². The maximum absolute atomic E-state index is 11.1. The Morgan fingerprint density at radius 3 is 2.67 bits per heavy atom. The molecule has 1 fully saturated rings. The lowest BCUT2D eigenvalue weighted by Crippen LogP contribution is -2.46. The number of benzene rings is 1. The van der Waals surface area contributed by atoms with Crippen LogP contribution in [-0.2, 0) is 4.79 Å². The lowest BCUT2D eigenvalue weighted by Gasteiger charge is -2.27. The highest BCUT2D eigenvalue weighted by atomic mass is 32.2. The molecule has 3 nitrogen and oxygen atoms in total. The number of piperidine rings is 1. The zero-order valence-corrected chi connectivity index (χ0v) is 11.7. The summed E-state index contributed by atoms with van der Waals surface area (Å²) < 4.78 is 0. The van der Waals surface area contributed by atoms with Gasteiger partial charge in [0.05, 0.1) is 0 Å². The Labute approximate surface area is 113 Å². The third-order valence-corrected chi connectivity index (χ3v) is 4.11. The summed E-state index contributed by atoms with van der Waals surface area (Å²) in [5.41, 5.74) is 1.30. The molecule has 0 bridgehead atoms. The average molecular weight is 264 g/mol. The van der Waals surface area contributed by atoms with Crippen molar-refractivity contribution in [3.05, 3.63) is 29.8 Å². The quantitative estimate of drug-likeness (QED) is 0.820. The van der Waals surface area contributed by atoms with E-state index in [1.54, 1.807) is 11.8 Å². The highest BCUT2D eigenvalue weighted by Crippen LogP contribution is 2.19. The zero-order valence-electron chi connectivity index (χ0n) is 10.9. The van der Waals surface area contributed by atoms with E-state index in [9.17, 15) is 4.79 Å². The summed E-state index contributed by atoms with van der Waals surface area (Å²) in [5.74, 6) is 0.171. The van der Waals surface area contributed by atoms with E-state index < -0.39 is 0 Å². The Kier molecular flexibility index (Phi) is 4.66. The average Bonchev–Trinajstić information content (AvgIpc) is 2.41. The molecular weight excluding hydrogens is 244 g/mol. The molecule has 2 rings (SSSR count). The summed E-state index contributed by atoms with van der Waals surface area (Å²) >= 11 is 1.76. The van der Waals surface area contributed by atoms with Crippen molar-refractivity contribution in [2.75, 3.05) is 12.8 Å². The molecule has 1 aromatic rings. The number of hydrogen-bond donors (Lipinski definition) is 2. The van der Waals surface area contributed by atoms with Crippen molar-refractivity contribution >= 4 is 17.7 Å². The summed E-state index contributed by atoms with van der Waals surface area (Å²) in [5, 5.41) is 6.47. The van der Waals surface area contributed by atoms with Gasteiger partial charge in [0, 0.05) is 29.9 Å². The molecule has 0 spiro atoms. The highest BCUT2D eigenvalue weighted by molar-refractivity contribution is 7.98. The number of carbonyl (C=O) groups is 1. The van der Waals surface area contributed by atoms with E-state index in [4.69, 9.17) is 0 Å². The van der Waals surface area contributed by atoms with Crippen LogP contribution in [0.25, 0.3) is 0 Å². The Balaban J connectivity index is 1.90. The molecule has 4 heteroatoms. The molecule has 2 unspecified atom stereocenters. The number of thioether (sulfide) groups is 1. The summed E-state index contributed by atoms with van der Waals surface area (Å²) in [6, 6.07) is 9.36. The maximum atomic E-state index is 11.1. The summed E-state index contributed by atoms with van der Waals surface area (Å²) in [6.45, 7) is 2.91. The van der Waals surface area contributed by atoms with Crippen LogP contribution in [-0.4, -0.2) is 24.7 Å². The van der Waals surface area contributed by atoms with Crippen LogP contribution in [0.4, 0.5) is 0 Å². The Hall–Kier alpha value is -1.00. The molecule has 1 saturated heterocycles. The van der Waals surface area contributed by atoms with E-state index in [1.165, 1.54) is 10.5 Å². The van der Waals surface area contributed by atoms with Gasteiger partial charge in [-0.1, -0.05) is 12.1 Å². The SMILES string of the molecule is CSc1ccc(C(C)NC2CCC(=O)NC2)cc1. The van der Waals surface area contributed by atoms with Gasteiger partial charge in [-0.3, -0.25) is 4.79 Å². The first-order valence-electron chi connectivity index (χ1n) is 6.35. The molecule has 0 aromatic heterocycles. The molecule has 18 heavy (non-hydrogen) atoms. The van der Waals surface area contributed by atoms with Gasteiger partial charge in [-0.2, -0.15) is 0 Å². The van der Waals surface area contributed by atoms with Gasteiger partial charge in [0.2, 0.25) is 5.91 Å². The Morgan fingerprint density at radius 1 is 1.39 bits per heavy atom. The molecule has 1 aromatic carbocycles. The van der Waals surface area contributed by atoms with Gasteiger partial charge in [0.15, 0.2) is 0 Å². The van der Waals surface area contributed by atoms with Crippen molar-refractivity contribution in [1.29, 1.82) is 0 Å². The second kappa shape index (κ2) is 6.25. The Morgan fingerprint density at radius 2 is 2.11 bits per heavy atom. The molecule has 1 heterocycles. The van der Waals surface area contributed by atoms with Crippen LogP contribution in [0.2, 0.25) is 0 Å². The Bertz CT molecular complexity index is 395. The fourth-order valence-corrected chi connectivity index (χ4v) is 2.63. The fraction of sp³-hybridized carbons (Fsp3) is 0.500. The monoisotopic (exact) mass is 264 g/mol. The van der Waals surface area contributed by atoms with E-state index in [1.807, 2.05) is 0 Å². The normalized spacial score (nSPS) is 21.4. The van der Waals surface area contributed by atoms with Crippen molar-refractivity contribution in [2.45, 2.75) is 36.7 Å². The molecule has 0 radical (unpaired) electrons. The van der Waals surface area contributed by atoms with Crippen LogP contribution in [0, 0.1) is 0 Å². The highest BCUT2D eigenvalue weighted by Gasteiger charge is 2.19. The van der Waals surface area contributed by atoms with E-state index >= 15 is 0 Å². The predicted molar refractivity (Wildman–Crippen MR) is 75.8 cm³/mol. The number of rotatable bonds is 4. The van der Waals surface area contributed by atoms with Gasteiger partial charge >= 0.3 is 0 Å². The first kappa shape index (κ1) is 13.4.